The summed E-state index contributed by atoms with van der Waals surface area (Å²) in [7, 11) is 0. The molecular weight excluding hydrogens is 330 g/mol. The van der Waals surface area contributed by atoms with Gasteiger partial charge in [-0.2, -0.15) is 5.10 Å². The van der Waals surface area contributed by atoms with Gasteiger partial charge in [-0.1, -0.05) is 18.7 Å². The highest BCUT2D eigenvalue weighted by Gasteiger charge is 2.22. The van der Waals surface area contributed by atoms with Gasteiger partial charge >= 0.3 is 0 Å². The van der Waals surface area contributed by atoms with Crippen LogP contribution in [0, 0.1) is 6.92 Å². The molecule has 0 saturated heterocycles. The first kappa shape index (κ1) is 17.8. The van der Waals surface area contributed by atoms with Crippen LogP contribution >= 0.6 is 0 Å². The molecule has 3 rings (SSSR count). The average molecular weight is 353 g/mol. The first-order chi connectivity index (χ1) is 12.5. The summed E-state index contributed by atoms with van der Waals surface area (Å²) in [5, 5.41) is 10.1. The van der Waals surface area contributed by atoms with Crippen molar-refractivity contribution in [2.45, 2.75) is 45.2 Å². The Bertz CT molecular complexity index is 810. The third-order valence-electron chi connectivity index (χ3n) is 4.38. The van der Waals surface area contributed by atoms with Crippen molar-refractivity contribution in [2.24, 2.45) is 0 Å². The molecule has 1 atom stereocenters. The van der Waals surface area contributed by atoms with Gasteiger partial charge in [0.15, 0.2) is 0 Å². The molecule has 136 valence electrons. The summed E-state index contributed by atoms with van der Waals surface area (Å²) >= 11 is 0. The van der Waals surface area contributed by atoms with Gasteiger partial charge in [0.2, 0.25) is 11.8 Å². The molecule has 0 radical (unpaired) electrons. The summed E-state index contributed by atoms with van der Waals surface area (Å²) in [5.41, 5.74) is 1.76. The number of hydrogen-bond acceptors (Lipinski definition) is 4. The normalized spacial score (nSPS) is 15.8. The van der Waals surface area contributed by atoms with E-state index in [9.17, 15) is 9.59 Å². The van der Waals surface area contributed by atoms with Crippen LogP contribution in [0.3, 0.4) is 0 Å². The van der Waals surface area contributed by atoms with Crippen LogP contribution in [0.4, 0.5) is 5.69 Å². The fourth-order valence-corrected chi connectivity index (χ4v) is 3.06. The van der Waals surface area contributed by atoms with Crippen LogP contribution in [0.1, 0.15) is 30.1 Å². The number of anilines is 1. The van der Waals surface area contributed by atoms with Crippen molar-refractivity contribution in [3.8, 4) is 0 Å². The van der Waals surface area contributed by atoms with Crippen LogP contribution in [0.5, 0.6) is 0 Å². The van der Waals surface area contributed by atoms with Gasteiger partial charge in [0.25, 0.3) is 0 Å². The van der Waals surface area contributed by atoms with Crippen LogP contribution in [0.2, 0.25) is 0 Å². The molecule has 1 aromatic carbocycles. The molecule has 2 aromatic rings. The number of hydrogen-bond donors (Lipinski definition) is 2. The largest absolute Gasteiger partial charge is 0.351 e. The van der Waals surface area contributed by atoms with E-state index in [4.69, 9.17) is 0 Å². The highest BCUT2D eigenvalue weighted by Crippen LogP contribution is 2.14. The maximum absolute atomic E-state index is 12.2. The number of amides is 2. The number of rotatable bonds is 6. The summed E-state index contributed by atoms with van der Waals surface area (Å²) in [5.74, 6) is 1.58. The molecule has 26 heavy (non-hydrogen) atoms. The zero-order chi connectivity index (χ0) is 18.5. The number of aryl methyl sites for hydroxylation is 3. The summed E-state index contributed by atoms with van der Waals surface area (Å²) in [6, 6.07) is 7.58. The van der Waals surface area contributed by atoms with E-state index in [0.29, 0.717) is 25.1 Å². The van der Waals surface area contributed by atoms with E-state index < -0.39 is 0 Å². The highest BCUT2D eigenvalue weighted by molar-refractivity contribution is 5.98. The summed E-state index contributed by atoms with van der Waals surface area (Å²) < 4.78 is 1.89. The SMILES string of the molecule is C=CC(=O)Nc1ccc(CCC(=O)NC2CCc3nc(C)nn3C2)cc1. The Labute approximate surface area is 152 Å². The lowest BCUT2D eigenvalue weighted by atomic mass is 10.1. The van der Waals surface area contributed by atoms with Gasteiger partial charge in [-0.25, -0.2) is 9.67 Å². The van der Waals surface area contributed by atoms with Crippen LogP contribution in [0.15, 0.2) is 36.9 Å². The molecule has 2 N–H and O–H groups in total. The van der Waals surface area contributed by atoms with Crippen molar-refractivity contribution >= 4 is 17.5 Å². The Morgan fingerprint density at radius 2 is 2.12 bits per heavy atom. The average Bonchev–Trinajstić information content (AvgIpc) is 3.00. The Balaban J connectivity index is 1.45. The summed E-state index contributed by atoms with van der Waals surface area (Å²) in [6.45, 7) is 5.98. The summed E-state index contributed by atoms with van der Waals surface area (Å²) in [6.07, 6.45) is 4.04. The topological polar surface area (TPSA) is 88.9 Å². The van der Waals surface area contributed by atoms with Gasteiger partial charge in [-0.3, -0.25) is 9.59 Å². The fraction of sp³-hybridized carbons (Fsp3) is 0.368. The Kier molecular flexibility index (Phi) is 5.46. The summed E-state index contributed by atoms with van der Waals surface area (Å²) in [4.78, 5) is 27.9. The van der Waals surface area contributed by atoms with Gasteiger partial charge in [0.05, 0.1) is 6.54 Å². The molecule has 2 amide bonds. The van der Waals surface area contributed by atoms with E-state index in [1.54, 1.807) is 0 Å². The molecule has 0 spiro atoms. The standard InChI is InChI=1S/C19H23N5O2/c1-3-18(25)21-15-7-4-14(5-8-15)6-11-19(26)22-16-9-10-17-20-13(2)23-24(17)12-16/h3-5,7-8,16H,1,6,9-12H2,2H3,(H,21,25)(H,22,26). The van der Waals surface area contributed by atoms with Crippen LogP contribution in [0.25, 0.3) is 0 Å². The lowest BCUT2D eigenvalue weighted by Gasteiger charge is -2.23. The van der Waals surface area contributed by atoms with Crippen LogP contribution in [-0.4, -0.2) is 32.6 Å². The first-order valence-corrected chi connectivity index (χ1v) is 8.75. The van der Waals surface area contributed by atoms with E-state index >= 15 is 0 Å². The Hall–Kier alpha value is -2.96. The van der Waals surface area contributed by atoms with Gasteiger partial charge < -0.3 is 10.6 Å². The van der Waals surface area contributed by atoms with Gasteiger partial charge in [0, 0.05) is 24.6 Å². The molecule has 7 heteroatoms. The number of carbonyl (C=O) groups is 2. The van der Waals surface area contributed by atoms with Crippen molar-refractivity contribution in [3.05, 3.63) is 54.1 Å². The number of aromatic nitrogens is 3. The quantitative estimate of drug-likeness (QED) is 0.775. The second-order valence-electron chi connectivity index (χ2n) is 6.45. The van der Waals surface area contributed by atoms with Crippen molar-refractivity contribution < 1.29 is 9.59 Å². The molecule has 0 bridgehead atoms. The van der Waals surface area contributed by atoms with E-state index in [2.05, 4.69) is 27.3 Å². The third-order valence-corrected chi connectivity index (χ3v) is 4.38. The minimum absolute atomic E-state index is 0.0410. The van der Waals surface area contributed by atoms with E-state index in [-0.39, 0.29) is 17.9 Å². The maximum Gasteiger partial charge on any atom is 0.247 e. The van der Waals surface area contributed by atoms with Crippen molar-refractivity contribution in [1.82, 2.24) is 20.1 Å². The van der Waals surface area contributed by atoms with Gasteiger partial charge in [-0.15, -0.1) is 0 Å². The van der Waals surface area contributed by atoms with E-state index in [0.717, 1.165) is 30.1 Å². The van der Waals surface area contributed by atoms with E-state index in [1.807, 2.05) is 35.9 Å². The zero-order valence-corrected chi connectivity index (χ0v) is 14.9. The predicted molar refractivity (Wildman–Crippen MR) is 98.6 cm³/mol. The maximum atomic E-state index is 12.2. The zero-order valence-electron chi connectivity index (χ0n) is 14.9. The molecular formula is C19H23N5O2. The number of fused-ring (bicyclic) bond motifs is 1. The molecule has 2 heterocycles. The lowest BCUT2D eigenvalue weighted by Crippen LogP contribution is -2.41. The lowest BCUT2D eigenvalue weighted by molar-refractivity contribution is -0.122. The van der Waals surface area contributed by atoms with Crippen LogP contribution < -0.4 is 10.6 Å². The fourth-order valence-electron chi connectivity index (χ4n) is 3.06. The van der Waals surface area contributed by atoms with Crippen molar-refractivity contribution in [1.29, 1.82) is 0 Å². The molecule has 0 saturated carbocycles. The van der Waals surface area contributed by atoms with E-state index in [1.165, 1.54) is 6.08 Å². The van der Waals surface area contributed by atoms with Crippen molar-refractivity contribution in [3.63, 3.8) is 0 Å². The minimum atomic E-state index is -0.240. The predicted octanol–water partition coefficient (Wildman–Crippen LogP) is 1.77. The van der Waals surface area contributed by atoms with Crippen molar-refractivity contribution in [2.75, 3.05) is 5.32 Å². The molecule has 1 aromatic heterocycles. The Morgan fingerprint density at radius 1 is 1.35 bits per heavy atom. The molecule has 1 aliphatic rings. The Morgan fingerprint density at radius 3 is 2.85 bits per heavy atom. The third kappa shape index (κ3) is 4.56. The second-order valence-corrected chi connectivity index (χ2v) is 6.45. The molecule has 1 unspecified atom stereocenters. The molecule has 1 aliphatic heterocycles. The monoisotopic (exact) mass is 353 g/mol. The number of nitrogens with one attached hydrogen (secondary N) is 2. The highest BCUT2D eigenvalue weighted by atomic mass is 16.2. The molecule has 7 nitrogen and oxygen atoms in total. The molecule has 0 aliphatic carbocycles. The smallest absolute Gasteiger partial charge is 0.247 e. The number of carbonyl (C=O) groups excluding carboxylic acids is 2. The second kappa shape index (κ2) is 7.95. The minimum Gasteiger partial charge on any atom is -0.351 e. The van der Waals surface area contributed by atoms with Gasteiger partial charge in [-0.05, 0) is 43.5 Å². The first-order valence-electron chi connectivity index (χ1n) is 8.75. The number of benzene rings is 1. The molecule has 0 fully saturated rings. The number of nitrogens with zero attached hydrogens (tertiary/aromatic N) is 3. The van der Waals surface area contributed by atoms with Gasteiger partial charge in [0.1, 0.15) is 11.6 Å². The van der Waals surface area contributed by atoms with Crippen LogP contribution in [-0.2, 0) is 29.0 Å².